The van der Waals surface area contributed by atoms with Crippen LogP contribution in [0.4, 0.5) is 0 Å². The zero-order valence-corrected chi connectivity index (χ0v) is 22.5. The van der Waals surface area contributed by atoms with Crippen LogP contribution < -0.4 is 0 Å². The van der Waals surface area contributed by atoms with Crippen molar-refractivity contribution in [2.45, 2.75) is 124 Å². The van der Waals surface area contributed by atoms with Gasteiger partial charge >= 0.3 is 0 Å². The highest BCUT2D eigenvalue weighted by Crippen LogP contribution is 2.70. The van der Waals surface area contributed by atoms with Gasteiger partial charge in [0.15, 0.2) is 5.79 Å². The predicted molar refractivity (Wildman–Crippen MR) is 134 cm³/mol. The van der Waals surface area contributed by atoms with E-state index in [1.807, 2.05) is 6.92 Å². The Morgan fingerprint density at radius 2 is 1.55 bits per heavy atom. The van der Waals surface area contributed by atoms with Gasteiger partial charge in [0.25, 0.3) is 0 Å². The van der Waals surface area contributed by atoms with E-state index >= 15 is 0 Å². The van der Waals surface area contributed by atoms with Gasteiger partial charge in [0, 0.05) is 6.42 Å². The van der Waals surface area contributed by atoms with E-state index in [1.54, 1.807) is 0 Å². The standard InChI is InChI=1S/C30H52O3/c1-20(2)8-7-9-21(3)24-12-13-25-23-11-10-22-18-29(6,31)30(32-16-17-33-30)19-28(22,5)26(23)14-15-27(24,25)4/h20-26,31H,7-19H2,1-6H3/t21-,22+,23?,24-,25+,26?,27-,28+,29-/m1/s1. The Balaban J connectivity index is 1.34. The summed E-state index contributed by atoms with van der Waals surface area (Å²) in [5, 5.41) is 11.4. The minimum Gasteiger partial charge on any atom is -0.385 e. The van der Waals surface area contributed by atoms with Crippen molar-refractivity contribution in [2.24, 2.45) is 52.3 Å². The van der Waals surface area contributed by atoms with Gasteiger partial charge in [-0.05, 0) is 104 Å². The van der Waals surface area contributed by atoms with Crippen molar-refractivity contribution in [1.29, 1.82) is 0 Å². The molecule has 9 atom stereocenters. The fraction of sp³-hybridized carbons (Fsp3) is 1.00. The zero-order chi connectivity index (χ0) is 23.6. The Kier molecular flexibility index (Phi) is 6.31. The maximum atomic E-state index is 11.4. The molecule has 3 heteroatoms. The molecule has 1 N–H and O–H groups in total. The van der Waals surface area contributed by atoms with E-state index in [2.05, 4.69) is 34.6 Å². The van der Waals surface area contributed by atoms with E-state index in [4.69, 9.17) is 9.47 Å². The SMILES string of the molecule is CC(C)CCC[C@@H](C)[C@H]1CC[C@H]2C3CC[C@H]4C[C@@](C)(O)C5(C[C@]4(C)C3CC[C@]12C)OCCO5. The third-order valence-corrected chi connectivity index (χ3v) is 12.1. The van der Waals surface area contributed by atoms with Crippen molar-refractivity contribution in [3.05, 3.63) is 0 Å². The maximum Gasteiger partial charge on any atom is 0.197 e. The molecule has 1 saturated heterocycles. The molecular weight excluding hydrogens is 408 g/mol. The number of fused-ring (bicyclic) bond motifs is 5. The smallest absolute Gasteiger partial charge is 0.197 e. The molecule has 1 heterocycles. The third kappa shape index (κ3) is 3.77. The van der Waals surface area contributed by atoms with Crippen molar-refractivity contribution in [2.75, 3.05) is 13.2 Å². The van der Waals surface area contributed by atoms with E-state index in [-0.39, 0.29) is 5.41 Å². The first-order valence-electron chi connectivity index (χ1n) is 14.5. The van der Waals surface area contributed by atoms with Gasteiger partial charge in [-0.25, -0.2) is 0 Å². The summed E-state index contributed by atoms with van der Waals surface area (Å²) in [6, 6.07) is 0. The van der Waals surface area contributed by atoms with Crippen LogP contribution in [0, 0.1) is 52.3 Å². The summed E-state index contributed by atoms with van der Waals surface area (Å²) >= 11 is 0. The average Bonchev–Trinajstić information content (AvgIpc) is 3.34. The number of rotatable bonds is 5. The number of aliphatic hydroxyl groups is 1. The summed E-state index contributed by atoms with van der Waals surface area (Å²) in [6.45, 7) is 15.8. The van der Waals surface area contributed by atoms with Gasteiger partial charge in [-0.1, -0.05) is 53.9 Å². The molecule has 33 heavy (non-hydrogen) atoms. The van der Waals surface area contributed by atoms with E-state index in [1.165, 1.54) is 57.8 Å². The normalized spacial score (nSPS) is 49.6. The van der Waals surface area contributed by atoms with E-state index in [0.29, 0.717) is 24.5 Å². The summed E-state index contributed by atoms with van der Waals surface area (Å²) in [4.78, 5) is 0. The van der Waals surface area contributed by atoms with E-state index in [0.717, 1.165) is 48.3 Å². The third-order valence-electron chi connectivity index (χ3n) is 12.1. The molecule has 1 spiro atoms. The Labute approximate surface area is 203 Å². The molecule has 190 valence electrons. The monoisotopic (exact) mass is 460 g/mol. The molecule has 5 fully saturated rings. The molecule has 0 aromatic rings. The molecule has 5 aliphatic rings. The molecule has 0 aromatic heterocycles. The van der Waals surface area contributed by atoms with Gasteiger partial charge in [0.1, 0.15) is 5.60 Å². The van der Waals surface area contributed by atoms with Gasteiger partial charge in [-0.15, -0.1) is 0 Å². The molecule has 1 aliphatic heterocycles. The highest BCUT2D eigenvalue weighted by atomic mass is 16.7. The minimum absolute atomic E-state index is 0.234. The molecule has 4 aliphatic carbocycles. The van der Waals surface area contributed by atoms with E-state index in [9.17, 15) is 5.11 Å². The second-order valence-electron chi connectivity index (χ2n) is 14.3. The maximum absolute atomic E-state index is 11.4. The molecule has 4 saturated carbocycles. The summed E-state index contributed by atoms with van der Waals surface area (Å²) in [5.41, 5.74) is -0.0921. The molecule has 2 unspecified atom stereocenters. The Hall–Kier alpha value is -0.120. The van der Waals surface area contributed by atoms with Crippen molar-refractivity contribution >= 4 is 0 Å². The number of hydrogen-bond donors (Lipinski definition) is 1. The molecular formula is C30H52O3. The van der Waals surface area contributed by atoms with Crippen LogP contribution >= 0.6 is 0 Å². The van der Waals surface area contributed by atoms with Crippen LogP contribution in [0.15, 0.2) is 0 Å². The van der Waals surface area contributed by atoms with Gasteiger partial charge in [-0.3, -0.25) is 0 Å². The molecule has 0 bridgehead atoms. The largest absolute Gasteiger partial charge is 0.385 e. The first-order chi connectivity index (χ1) is 15.5. The number of ether oxygens (including phenoxy) is 2. The van der Waals surface area contributed by atoms with Gasteiger partial charge < -0.3 is 14.6 Å². The van der Waals surface area contributed by atoms with Crippen LogP contribution in [0.1, 0.15) is 112 Å². The summed E-state index contributed by atoms with van der Waals surface area (Å²) < 4.78 is 12.5. The molecule has 0 aromatic carbocycles. The van der Waals surface area contributed by atoms with Crippen LogP contribution in [0.3, 0.4) is 0 Å². The number of hydrogen-bond acceptors (Lipinski definition) is 3. The highest BCUT2D eigenvalue weighted by molar-refractivity contribution is 5.14. The van der Waals surface area contributed by atoms with Gasteiger partial charge in [-0.2, -0.15) is 0 Å². The lowest BCUT2D eigenvalue weighted by molar-refractivity contribution is -0.321. The molecule has 5 rings (SSSR count). The summed E-state index contributed by atoms with van der Waals surface area (Å²) in [5.74, 6) is 4.98. The second kappa shape index (κ2) is 8.48. The van der Waals surface area contributed by atoms with Crippen LogP contribution in [-0.2, 0) is 9.47 Å². The van der Waals surface area contributed by atoms with Crippen LogP contribution in [-0.4, -0.2) is 29.7 Å². The summed E-state index contributed by atoms with van der Waals surface area (Å²) in [6.07, 6.45) is 14.3. The van der Waals surface area contributed by atoms with Gasteiger partial charge in [0.05, 0.1) is 13.2 Å². The topological polar surface area (TPSA) is 38.7 Å². The second-order valence-corrected chi connectivity index (χ2v) is 14.3. The first kappa shape index (κ1) is 24.6. The summed E-state index contributed by atoms with van der Waals surface area (Å²) in [7, 11) is 0. The first-order valence-corrected chi connectivity index (χ1v) is 14.5. The van der Waals surface area contributed by atoms with Crippen LogP contribution in [0.2, 0.25) is 0 Å². The Morgan fingerprint density at radius 3 is 2.24 bits per heavy atom. The fourth-order valence-corrected chi connectivity index (χ4v) is 10.4. The molecule has 3 nitrogen and oxygen atoms in total. The quantitative estimate of drug-likeness (QED) is 0.471. The van der Waals surface area contributed by atoms with Crippen molar-refractivity contribution in [3.63, 3.8) is 0 Å². The lowest BCUT2D eigenvalue weighted by Gasteiger charge is -2.64. The minimum atomic E-state index is -0.867. The average molecular weight is 461 g/mol. The van der Waals surface area contributed by atoms with Crippen molar-refractivity contribution in [3.8, 4) is 0 Å². The van der Waals surface area contributed by atoms with Crippen LogP contribution in [0.5, 0.6) is 0 Å². The molecule has 0 amide bonds. The Bertz CT molecular complexity index is 709. The van der Waals surface area contributed by atoms with Crippen molar-refractivity contribution < 1.29 is 14.6 Å². The Morgan fingerprint density at radius 1 is 0.848 bits per heavy atom. The fourth-order valence-electron chi connectivity index (χ4n) is 10.4. The van der Waals surface area contributed by atoms with E-state index < -0.39 is 11.4 Å². The van der Waals surface area contributed by atoms with Crippen LogP contribution in [0.25, 0.3) is 0 Å². The lowest BCUT2D eigenvalue weighted by atomic mass is 9.43. The zero-order valence-electron chi connectivity index (χ0n) is 22.5. The molecule has 0 radical (unpaired) electrons. The highest BCUT2D eigenvalue weighted by Gasteiger charge is 2.67. The predicted octanol–water partition coefficient (Wildman–Crippen LogP) is 7.21. The van der Waals surface area contributed by atoms with Crippen molar-refractivity contribution in [1.82, 2.24) is 0 Å². The lowest BCUT2D eigenvalue weighted by Crippen LogP contribution is -2.65. The van der Waals surface area contributed by atoms with Gasteiger partial charge in [0.2, 0.25) is 0 Å².